The first-order valence-corrected chi connectivity index (χ1v) is 12.0. The number of rotatable bonds is 6. The van der Waals surface area contributed by atoms with E-state index < -0.39 is 0 Å². The van der Waals surface area contributed by atoms with Crippen molar-refractivity contribution in [1.82, 2.24) is 10.2 Å². The van der Waals surface area contributed by atoms with Gasteiger partial charge in [0.25, 0.3) is 0 Å². The van der Waals surface area contributed by atoms with Crippen LogP contribution >= 0.6 is 23.2 Å². The number of nitrogens with one attached hydrogen (secondary N) is 1. The van der Waals surface area contributed by atoms with Gasteiger partial charge in [0.1, 0.15) is 0 Å². The molecule has 0 aliphatic carbocycles. The molecule has 3 aromatic rings. The van der Waals surface area contributed by atoms with Gasteiger partial charge < -0.3 is 5.32 Å². The summed E-state index contributed by atoms with van der Waals surface area (Å²) in [6, 6.07) is 26.5. The third-order valence-electron chi connectivity index (χ3n) is 7.03. The molecule has 3 aliphatic rings. The van der Waals surface area contributed by atoms with Crippen LogP contribution in [-0.2, 0) is 13.0 Å². The lowest BCUT2D eigenvalue weighted by Crippen LogP contribution is -2.63. The number of nitrogens with zero attached hydrogens (tertiary/aromatic N) is 1. The minimum absolute atomic E-state index is 0.514. The third kappa shape index (κ3) is 4.54. The van der Waals surface area contributed by atoms with Gasteiger partial charge in [0.15, 0.2) is 0 Å². The van der Waals surface area contributed by atoms with E-state index in [1.807, 2.05) is 12.1 Å². The third-order valence-corrected chi connectivity index (χ3v) is 7.77. The highest BCUT2D eigenvalue weighted by molar-refractivity contribution is 6.42. The van der Waals surface area contributed by atoms with Gasteiger partial charge in [-0.15, -0.1) is 0 Å². The van der Waals surface area contributed by atoms with Crippen molar-refractivity contribution in [2.45, 2.75) is 37.9 Å². The van der Waals surface area contributed by atoms with E-state index in [1.165, 1.54) is 42.6 Å². The molecule has 3 heterocycles. The molecule has 3 fully saturated rings. The Bertz CT molecular complexity index is 1030. The standard InChI is InChI=1S/C27H28Cl2N2/c28-24-11-10-22(16-25(24)29)23-9-5-4-8-21(23)17-26-27(20-12-14-31(26)15-13-20)30-18-19-6-2-1-3-7-19/h1-11,16,20,26-27,30H,12-15,17-18H2. The highest BCUT2D eigenvalue weighted by Crippen LogP contribution is 2.36. The molecule has 3 saturated heterocycles. The van der Waals surface area contributed by atoms with Crippen LogP contribution in [0, 0.1) is 5.92 Å². The summed E-state index contributed by atoms with van der Waals surface area (Å²) in [5.74, 6) is 0.760. The van der Waals surface area contributed by atoms with Gasteiger partial charge in [0.2, 0.25) is 0 Å². The molecule has 0 radical (unpaired) electrons. The molecule has 4 heteroatoms. The molecule has 0 spiro atoms. The van der Waals surface area contributed by atoms with Crippen LogP contribution in [0.15, 0.2) is 72.8 Å². The lowest BCUT2D eigenvalue weighted by atomic mass is 9.76. The number of hydrogen-bond acceptors (Lipinski definition) is 2. The van der Waals surface area contributed by atoms with Gasteiger partial charge in [0.05, 0.1) is 10.0 Å². The molecule has 2 unspecified atom stereocenters. The van der Waals surface area contributed by atoms with Crippen LogP contribution in [-0.4, -0.2) is 30.1 Å². The summed E-state index contributed by atoms with van der Waals surface area (Å²) in [7, 11) is 0. The van der Waals surface area contributed by atoms with Gasteiger partial charge in [-0.05, 0) is 72.7 Å². The molecular weight excluding hydrogens is 423 g/mol. The van der Waals surface area contributed by atoms with Gasteiger partial charge in [-0.2, -0.15) is 0 Å². The SMILES string of the molecule is Clc1ccc(-c2ccccc2CC2C(NCc3ccccc3)C3CCN2CC3)cc1Cl. The van der Waals surface area contributed by atoms with Crippen molar-refractivity contribution in [3.63, 3.8) is 0 Å². The van der Waals surface area contributed by atoms with Crippen LogP contribution < -0.4 is 5.32 Å². The monoisotopic (exact) mass is 450 g/mol. The van der Waals surface area contributed by atoms with E-state index in [9.17, 15) is 0 Å². The summed E-state index contributed by atoms with van der Waals surface area (Å²) in [5.41, 5.74) is 5.12. The minimum Gasteiger partial charge on any atom is -0.308 e. The van der Waals surface area contributed by atoms with E-state index >= 15 is 0 Å². The molecule has 31 heavy (non-hydrogen) atoms. The number of piperidine rings is 3. The molecule has 0 amide bonds. The Morgan fingerprint density at radius 2 is 1.58 bits per heavy atom. The average Bonchev–Trinajstić information content (AvgIpc) is 2.82. The number of hydrogen-bond donors (Lipinski definition) is 1. The molecule has 2 nitrogen and oxygen atoms in total. The number of fused-ring (bicyclic) bond motifs is 3. The first-order valence-electron chi connectivity index (χ1n) is 11.2. The largest absolute Gasteiger partial charge is 0.308 e. The Morgan fingerprint density at radius 1 is 0.839 bits per heavy atom. The highest BCUT2D eigenvalue weighted by Gasteiger charge is 2.41. The molecule has 2 atom stereocenters. The fraction of sp³-hybridized carbons (Fsp3) is 0.333. The van der Waals surface area contributed by atoms with Crippen LogP contribution in [0.1, 0.15) is 24.0 Å². The van der Waals surface area contributed by atoms with Gasteiger partial charge in [-0.1, -0.05) is 83.9 Å². The summed E-state index contributed by atoms with van der Waals surface area (Å²) in [6.45, 7) is 3.36. The highest BCUT2D eigenvalue weighted by atomic mass is 35.5. The maximum atomic E-state index is 6.33. The van der Waals surface area contributed by atoms with Crippen molar-refractivity contribution < 1.29 is 0 Å². The van der Waals surface area contributed by atoms with Crippen LogP contribution in [0.4, 0.5) is 0 Å². The Kier molecular flexibility index (Phi) is 6.34. The van der Waals surface area contributed by atoms with Crippen LogP contribution in [0.2, 0.25) is 10.0 Å². The lowest BCUT2D eigenvalue weighted by Gasteiger charge is -2.51. The smallest absolute Gasteiger partial charge is 0.0598 e. The van der Waals surface area contributed by atoms with E-state index in [0.717, 1.165) is 24.4 Å². The maximum Gasteiger partial charge on any atom is 0.0598 e. The van der Waals surface area contributed by atoms with Gasteiger partial charge >= 0.3 is 0 Å². The first kappa shape index (κ1) is 21.0. The fourth-order valence-electron chi connectivity index (χ4n) is 5.41. The predicted molar refractivity (Wildman–Crippen MR) is 131 cm³/mol. The summed E-state index contributed by atoms with van der Waals surface area (Å²) in [4.78, 5) is 2.70. The van der Waals surface area contributed by atoms with Crippen LogP contribution in [0.25, 0.3) is 11.1 Å². The fourth-order valence-corrected chi connectivity index (χ4v) is 5.71. The molecule has 3 aromatic carbocycles. The zero-order valence-corrected chi connectivity index (χ0v) is 19.1. The van der Waals surface area contributed by atoms with E-state index in [1.54, 1.807) is 0 Å². The molecule has 6 rings (SSSR count). The van der Waals surface area contributed by atoms with Crippen molar-refractivity contribution in [3.8, 4) is 11.1 Å². The molecule has 1 N–H and O–H groups in total. The second-order valence-electron chi connectivity index (χ2n) is 8.82. The Morgan fingerprint density at radius 3 is 2.35 bits per heavy atom. The van der Waals surface area contributed by atoms with Crippen molar-refractivity contribution in [1.29, 1.82) is 0 Å². The summed E-state index contributed by atoms with van der Waals surface area (Å²) in [5, 5.41) is 5.14. The van der Waals surface area contributed by atoms with E-state index in [4.69, 9.17) is 23.2 Å². The Labute approximate surface area is 195 Å². The molecule has 2 bridgehead atoms. The van der Waals surface area contributed by atoms with E-state index in [-0.39, 0.29) is 0 Å². The van der Waals surface area contributed by atoms with Gasteiger partial charge in [-0.3, -0.25) is 4.90 Å². The van der Waals surface area contributed by atoms with Crippen molar-refractivity contribution in [3.05, 3.63) is 94.0 Å². The zero-order valence-electron chi connectivity index (χ0n) is 17.6. The van der Waals surface area contributed by atoms with Crippen molar-refractivity contribution >= 4 is 23.2 Å². The number of halogens is 2. The summed E-state index contributed by atoms with van der Waals surface area (Å²) < 4.78 is 0. The van der Waals surface area contributed by atoms with Crippen LogP contribution in [0.3, 0.4) is 0 Å². The van der Waals surface area contributed by atoms with E-state index in [0.29, 0.717) is 22.1 Å². The normalized spacial score (nSPS) is 25.0. The molecule has 0 aromatic heterocycles. The van der Waals surface area contributed by atoms with Crippen LogP contribution in [0.5, 0.6) is 0 Å². The molecule has 160 valence electrons. The van der Waals surface area contributed by atoms with Gasteiger partial charge in [0, 0.05) is 18.6 Å². The predicted octanol–water partition coefficient (Wildman–Crippen LogP) is 6.46. The topological polar surface area (TPSA) is 15.3 Å². The second-order valence-corrected chi connectivity index (χ2v) is 9.64. The van der Waals surface area contributed by atoms with Crippen molar-refractivity contribution in [2.24, 2.45) is 5.92 Å². The summed E-state index contributed by atoms with van der Waals surface area (Å²) >= 11 is 12.5. The lowest BCUT2D eigenvalue weighted by molar-refractivity contribution is 0.0127. The average molecular weight is 451 g/mol. The maximum absolute atomic E-state index is 6.33. The zero-order chi connectivity index (χ0) is 21.2. The molecular formula is C27H28Cl2N2. The number of benzene rings is 3. The first-order chi connectivity index (χ1) is 15.2. The molecule has 0 saturated carbocycles. The van der Waals surface area contributed by atoms with E-state index in [2.05, 4.69) is 70.9 Å². The Hall–Kier alpha value is -1.84. The summed E-state index contributed by atoms with van der Waals surface area (Å²) in [6.07, 6.45) is 3.65. The van der Waals surface area contributed by atoms with Crippen molar-refractivity contribution in [2.75, 3.05) is 13.1 Å². The second kappa shape index (κ2) is 9.34. The quantitative estimate of drug-likeness (QED) is 0.463. The minimum atomic E-state index is 0.514. The molecule has 3 aliphatic heterocycles. The van der Waals surface area contributed by atoms with Gasteiger partial charge in [-0.25, -0.2) is 0 Å². The Balaban J connectivity index is 1.40.